The molecule has 0 aromatic carbocycles. The van der Waals surface area contributed by atoms with Crippen molar-refractivity contribution in [1.82, 2.24) is 4.90 Å². The Morgan fingerprint density at radius 3 is 2.56 bits per heavy atom. The topological polar surface area (TPSA) is 20.3 Å². The van der Waals surface area contributed by atoms with E-state index in [1.54, 1.807) is 11.3 Å². The summed E-state index contributed by atoms with van der Waals surface area (Å²) >= 11 is 1.73. The fraction of sp³-hybridized carbons (Fsp3) is 0.667. The van der Waals surface area contributed by atoms with Gasteiger partial charge >= 0.3 is 0 Å². The van der Waals surface area contributed by atoms with Crippen molar-refractivity contribution in [2.24, 2.45) is 0 Å². The van der Waals surface area contributed by atoms with E-state index in [2.05, 4.69) is 17.9 Å². The summed E-state index contributed by atoms with van der Waals surface area (Å²) in [4.78, 5) is 15.8. The first-order valence-electron chi connectivity index (χ1n) is 7.18. The zero-order valence-electron chi connectivity index (χ0n) is 11.3. The second kappa shape index (κ2) is 6.93. The molecule has 0 atom stereocenters. The van der Waals surface area contributed by atoms with Gasteiger partial charge in [0.25, 0.3) is 5.91 Å². The number of carbonyl (C=O) groups is 1. The normalized spacial score (nSPS) is 17.3. The fourth-order valence-corrected chi connectivity index (χ4v) is 3.47. The Balaban J connectivity index is 1.99. The van der Waals surface area contributed by atoms with Gasteiger partial charge in [-0.3, -0.25) is 4.79 Å². The predicted octanol–water partition coefficient (Wildman–Crippen LogP) is 4.11. The molecule has 0 radical (unpaired) electrons. The van der Waals surface area contributed by atoms with E-state index in [-0.39, 0.29) is 5.91 Å². The van der Waals surface area contributed by atoms with Crippen molar-refractivity contribution < 1.29 is 4.79 Å². The van der Waals surface area contributed by atoms with Gasteiger partial charge < -0.3 is 4.90 Å². The molecule has 0 unspecified atom stereocenters. The first-order valence-corrected chi connectivity index (χ1v) is 8.06. The van der Waals surface area contributed by atoms with Crippen LogP contribution in [0, 0.1) is 0 Å². The van der Waals surface area contributed by atoms with E-state index in [0.717, 1.165) is 44.3 Å². The molecule has 1 amide bonds. The van der Waals surface area contributed by atoms with Crippen molar-refractivity contribution in [2.75, 3.05) is 13.1 Å². The summed E-state index contributed by atoms with van der Waals surface area (Å²) in [5.41, 5.74) is 0.907. The van der Waals surface area contributed by atoms with Gasteiger partial charge in [0, 0.05) is 23.3 Å². The zero-order chi connectivity index (χ0) is 12.8. The lowest BCUT2D eigenvalue weighted by atomic mass is 10.1. The van der Waals surface area contributed by atoms with Crippen LogP contribution in [0.25, 0.3) is 0 Å². The molecule has 2 heterocycles. The van der Waals surface area contributed by atoms with Gasteiger partial charge in [-0.2, -0.15) is 0 Å². The minimum Gasteiger partial charge on any atom is -0.339 e. The lowest BCUT2D eigenvalue weighted by Gasteiger charge is -2.24. The number of likely N-dealkylation sites (tertiary alicyclic amines) is 1. The largest absolute Gasteiger partial charge is 0.339 e. The van der Waals surface area contributed by atoms with Crippen LogP contribution in [0.1, 0.15) is 60.7 Å². The molecule has 1 aromatic rings. The second-order valence-corrected chi connectivity index (χ2v) is 6.11. The van der Waals surface area contributed by atoms with Crippen LogP contribution in [0.5, 0.6) is 0 Å². The summed E-state index contributed by atoms with van der Waals surface area (Å²) in [6.07, 6.45) is 8.45. The molecule has 2 rings (SSSR count). The van der Waals surface area contributed by atoms with Gasteiger partial charge in [-0.1, -0.05) is 32.6 Å². The van der Waals surface area contributed by atoms with E-state index in [0.29, 0.717) is 0 Å². The lowest BCUT2D eigenvalue weighted by molar-refractivity contribution is 0.0743. The second-order valence-electron chi connectivity index (χ2n) is 5.11. The number of thiophene rings is 1. The van der Waals surface area contributed by atoms with Crippen LogP contribution in [-0.2, 0) is 6.42 Å². The minimum absolute atomic E-state index is 0.246. The number of aryl methyl sites for hydroxylation is 1. The van der Waals surface area contributed by atoms with Crippen molar-refractivity contribution in [1.29, 1.82) is 0 Å². The molecule has 0 saturated carbocycles. The van der Waals surface area contributed by atoms with Crippen LogP contribution in [-0.4, -0.2) is 23.9 Å². The predicted molar refractivity (Wildman–Crippen MR) is 77.3 cm³/mol. The van der Waals surface area contributed by atoms with E-state index in [9.17, 15) is 4.79 Å². The van der Waals surface area contributed by atoms with Crippen LogP contribution in [0.4, 0.5) is 0 Å². The molecule has 0 bridgehead atoms. The average Bonchev–Trinajstić information content (AvgIpc) is 2.77. The van der Waals surface area contributed by atoms with Crippen LogP contribution in [0.3, 0.4) is 0 Å². The Hall–Kier alpha value is -0.830. The molecule has 100 valence electrons. The molecule has 0 aliphatic carbocycles. The van der Waals surface area contributed by atoms with Gasteiger partial charge in [0.05, 0.1) is 5.56 Å². The zero-order valence-corrected chi connectivity index (χ0v) is 12.1. The third-order valence-electron chi connectivity index (χ3n) is 3.54. The van der Waals surface area contributed by atoms with Gasteiger partial charge in [-0.15, -0.1) is 11.3 Å². The summed E-state index contributed by atoms with van der Waals surface area (Å²) in [6, 6.07) is 2.09. The number of amides is 1. The summed E-state index contributed by atoms with van der Waals surface area (Å²) in [5.74, 6) is 0.246. The quantitative estimate of drug-likeness (QED) is 0.805. The van der Waals surface area contributed by atoms with Crippen LogP contribution in [0.15, 0.2) is 11.4 Å². The fourth-order valence-electron chi connectivity index (χ4n) is 2.50. The number of nitrogens with zero attached hydrogens (tertiary/aromatic N) is 1. The number of rotatable bonds is 3. The maximum atomic E-state index is 12.4. The van der Waals surface area contributed by atoms with E-state index in [4.69, 9.17) is 0 Å². The van der Waals surface area contributed by atoms with Crippen LogP contribution >= 0.6 is 11.3 Å². The van der Waals surface area contributed by atoms with Crippen LogP contribution in [0.2, 0.25) is 0 Å². The molecule has 0 N–H and O–H groups in total. The highest BCUT2D eigenvalue weighted by Gasteiger charge is 2.17. The number of hydrogen-bond acceptors (Lipinski definition) is 2. The monoisotopic (exact) mass is 265 g/mol. The lowest BCUT2D eigenvalue weighted by Crippen LogP contribution is -2.33. The molecule has 18 heavy (non-hydrogen) atoms. The Kier molecular flexibility index (Phi) is 5.24. The first-order chi connectivity index (χ1) is 8.81. The van der Waals surface area contributed by atoms with E-state index in [1.165, 1.54) is 24.1 Å². The maximum Gasteiger partial charge on any atom is 0.254 e. The highest BCUT2D eigenvalue weighted by Crippen LogP contribution is 2.19. The van der Waals surface area contributed by atoms with Crippen molar-refractivity contribution in [3.8, 4) is 0 Å². The van der Waals surface area contributed by atoms with E-state index < -0.39 is 0 Å². The SMILES string of the molecule is CCCc1cc(C(=O)N2CCCCCCC2)cs1. The summed E-state index contributed by atoms with van der Waals surface area (Å²) in [7, 11) is 0. The minimum atomic E-state index is 0.246. The summed E-state index contributed by atoms with van der Waals surface area (Å²) in [6.45, 7) is 4.06. The Bertz CT molecular complexity index is 378. The van der Waals surface area contributed by atoms with Crippen molar-refractivity contribution in [3.05, 3.63) is 21.9 Å². The number of hydrogen-bond donors (Lipinski definition) is 0. The van der Waals surface area contributed by atoms with Crippen LogP contribution < -0.4 is 0 Å². The molecule has 2 nitrogen and oxygen atoms in total. The molecular formula is C15H23NOS. The smallest absolute Gasteiger partial charge is 0.254 e. The standard InChI is InChI=1S/C15H23NOS/c1-2-8-14-11-13(12-18-14)15(17)16-9-6-4-3-5-7-10-16/h11-12H,2-10H2,1H3. The molecule has 1 saturated heterocycles. The summed E-state index contributed by atoms with van der Waals surface area (Å²) < 4.78 is 0. The van der Waals surface area contributed by atoms with Gasteiger partial charge in [-0.25, -0.2) is 0 Å². The van der Waals surface area contributed by atoms with Gasteiger partial charge in [0.2, 0.25) is 0 Å². The maximum absolute atomic E-state index is 12.4. The highest BCUT2D eigenvalue weighted by molar-refractivity contribution is 7.10. The third-order valence-corrected chi connectivity index (χ3v) is 4.54. The van der Waals surface area contributed by atoms with Gasteiger partial charge in [0.1, 0.15) is 0 Å². The van der Waals surface area contributed by atoms with Crippen molar-refractivity contribution in [3.63, 3.8) is 0 Å². The third kappa shape index (κ3) is 3.58. The van der Waals surface area contributed by atoms with E-state index in [1.807, 2.05) is 5.38 Å². The van der Waals surface area contributed by atoms with Gasteiger partial charge in [0.15, 0.2) is 0 Å². The average molecular weight is 265 g/mol. The number of carbonyl (C=O) groups excluding carboxylic acids is 1. The molecule has 1 fully saturated rings. The molecule has 0 spiro atoms. The Labute approximate surface area is 114 Å². The van der Waals surface area contributed by atoms with Crippen molar-refractivity contribution >= 4 is 17.2 Å². The van der Waals surface area contributed by atoms with Gasteiger partial charge in [-0.05, 0) is 25.3 Å². The first kappa shape index (κ1) is 13.6. The Morgan fingerprint density at radius 1 is 1.22 bits per heavy atom. The molecular weight excluding hydrogens is 242 g/mol. The molecule has 1 aliphatic heterocycles. The van der Waals surface area contributed by atoms with Crippen molar-refractivity contribution in [2.45, 2.75) is 51.9 Å². The molecule has 1 aromatic heterocycles. The Morgan fingerprint density at radius 2 is 1.89 bits per heavy atom. The van der Waals surface area contributed by atoms with E-state index >= 15 is 0 Å². The molecule has 3 heteroatoms. The summed E-state index contributed by atoms with van der Waals surface area (Å²) in [5, 5.41) is 2.03. The highest BCUT2D eigenvalue weighted by atomic mass is 32.1. The molecule has 1 aliphatic rings.